The fourth-order valence-corrected chi connectivity index (χ4v) is 2.06. The second kappa shape index (κ2) is 5.33. The Kier molecular flexibility index (Phi) is 4.34. The lowest BCUT2D eigenvalue weighted by Crippen LogP contribution is -2.32. The van der Waals surface area contributed by atoms with Gasteiger partial charge in [0.25, 0.3) is 10.0 Å². The zero-order valence-corrected chi connectivity index (χ0v) is 9.79. The predicted molar refractivity (Wildman–Crippen MR) is 55.9 cm³/mol. The van der Waals surface area contributed by atoms with E-state index in [2.05, 4.69) is 9.71 Å². The second-order valence-corrected chi connectivity index (χ2v) is 4.87. The molecule has 90 valence electrons. The zero-order valence-electron chi connectivity index (χ0n) is 8.97. The van der Waals surface area contributed by atoms with Crippen LogP contribution in [0.25, 0.3) is 0 Å². The van der Waals surface area contributed by atoms with E-state index in [1.165, 1.54) is 19.4 Å². The quantitative estimate of drug-likeness (QED) is 0.825. The average Bonchev–Trinajstić information content (AvgIpc) is 2.26. The highest BCUT2D eigenvalue weighted by Crippen LogP contribution is 2.09. The molecule has 0 saturated heterocycles. The van der Waals surface area contributed by atoms with E-state index in [4.69, 9.17) is 4.74 Å². The maximum Gasteiger partial charge on any atom is 0.261 e. The SMILES string of the molecule is COC(C)CNS(=O)(=O)c1ncccc1F. The van der Waals surface area contributed by atoms with Crippen LogP contribution in [-0.2, 0) is 14.8 Å². The van der Waals surface area contributed by atoms with Crippen LogP contribution in [0, 0.1) is 5.82 Å². The van der Waals surface area contributed by atoms with Gasteiger partial charge in [0.2, 0.25) is 5.03 Å². The lowest BCUT2D eigenvalue weighted by molar-refractivity contribution is 0.122. The van der Waals surface area contributed by atoms with Gasteiger partial charge < -0.3 is 4.74 Å². The molecule has 0 amide bonds. The van der Waals surface area contributed by atoms with Crippen molar-refractivity contribution in [2.75, 3.05) is 13.7 Å². The van der Waals surface area contributed by atoms with Crippen LogP contribution in [0.1, 0.15) is 6.92 Å². The number of nitrogens with one attached hydrogen (secondary N) is 1. The van der Waals surface area contributed by atoms with E-state index < -0.39 is 20.9 Å². The molecule has 1 N–H and O–H groups in total. The van der Waals surface area contributed by atoms with Crippen LogP contribution in [0.5, 0.6) is 0 Å². The van der Waals surface area contributed by atoms with Crippen LogP contribution in [0.4, 0.5) is 4.39 Å². The number of ether oxygens (including phenoxy) is 1. The van der Waals surface area contributed by atoms with E-state index in [0.717, 1.165) is 6.07 Å². The van der Waals surface area contributed by atoms with Crippen molar-refractivity contribution in [1.82, 2.24) is 9.71 Å². The molecule has 0 aromatic carbocycles. The highest BCUT2D eigenvalue weighted by Gasteiger charge is 2.20. The van der Waals surface area contributed by atoms with Gasteiger partial charge in [-0.2, -0.15) is 0 Å². The van der Waals surface area contributed by atoms with Crippen molar-refractivity contribution in [3.63, 3.8) is 0 Å². The van der Waals surface area contributed by atoms with Crippen molar-refractivity contribution in [1.29, 1.82) is 0 Å². The van der Waals surface area contributed by atoms with Gasteiger partial charge in [-0.25, -0.2) is 22.5 Å². The summed E-state index contributed by atoms with van der Waals surface area (Å²) in [5, 5.41) is -0.599. The molecular weight excluding hydrogens is 235 g/mol. The van der Waals surface area contributed by atoms with E-state index in [1.807, 2.05) is 0 Å². The topological polar surface area (TPSA) is 68.3 Å². The Morgan fingerprint density at radius 3 is 2.88 bits per heavy atom. The van der Waals surface area contributed by atoms with Gasteiger partial charge >= 0.3 is 0 Å². The summed E-state index contributed by atoms with van der Waals surface area (Å²) >= 11 is 0. The van der Waals surface area contributed by atoms with Crippen molar-refractivity contribution in [2.45, 2.75) is 18.1 Å². The number of halogens is 1. The van der Waals surface area contributed by atoms with Crippen LogP contribution < -0.4 is 4.72 Å². The number of aromatic nitrogens is 1. The lowest BCUT2D eigenvalue weighted by Gasteiger charge is -2.10. The fraction of sp³-hybridized carbons (Fsp3) is 0.444. The van der Waals surface area contributed by atoms with Crippen molar-refractivity contribution in [3.05, 3.63) is 24.1 Å². The van der Waals surface area contributed by atoms with Crippen molar-refractivity contribution >= 4 is 10.0 Å². The summed E-state index contributed by atoms with van der Waals surface area (Å²) in [6, 6.07) is 2.37. The number of methoxy groups -OCH3 is 1. The molecule has 0 saturated carbocycles. The predicted octanol–water partition coefficient (Wildman–Crippen LogP) is 0.534. The van der Waals surface area contributed by atoms with E-state index in [-0.39, 0.29) is 12.6 Å². The second-order valence-electron chi connectivity index (χ2n) is 3.19. The normalized spacial score (nSPS) is 13.7. The molecular formula is C9H13FN2O3S. The molecule has 0 aliphatic rings. The first-order chi connectivity index (χ1) is 7.47. The summed E-state index contributed by atoms with van der Waals surface area (Å²) in [5.74, 6) is -0.875. The van der Waals surface area contributed by atoms with Crippen molar-refractivity contribution in [3.8, 4) is 0 Å². The minimum atomic E-state index is -3.91. The van der Waals surface area contributed by atoms with Gasteiger partial charge in [0.15, 0.2) is 5.82 Å². The lowest BCUT2D eigenvalue weighted by atomic mass is 10.4. The van der Waals surface area contributed by atoms with Gasteiger partial charge in [0.1, 0.15) is 0 Å². The minimum Gasteiger partial charge on any atom is -0.380 e. The Morgan fingerprint density at radius 2 is 2.31 bits per heavy atom. The summed E-state index contributed by atoms with van der Waals surface area (Å²) in [4.78, 5) is 3.49. The van der Waals surface area contributed by atoms with E-state index in [1.54, 1.807) is 6.92 Å². The number of hydrogen-bond acceptors (Lipinski definition) is 4. The van der Waals surface area contributed by atoms with E-state index in [9.17, 15) is 12.8 Å². The maximum atomic E-state index is 13.2. The van der Waals surface area contributed by atoms with Gasteiger partial charge in [-0.15, -0.1) is 0 Å². The van der Waals surface area contributed by atoms with Crippen LogP contribution in [-0.4, -0.2) is 33.2 Å². The van der Waals surface area contributed by atoms with Crippen LogP contribution in [0.2, 0.25) is 0 Å². The molecule has 0 radical (unpaired) electrons. The minimum absolute atomic E-state index is 0.0643. The molecule has 16 heavy (non-hydrogen) atoms. The molecule has 0 aliphatic carbocycles. The van der Waals surface area contributed by atoms with E-state index in [0.29, 0.717) is 0 Å². The molecule has 0 aliphatic heterocycles. The molecule has 0 spiro atoms. The van der Waals surface area contributed by atoms with Gasteiger partial charge in [-0.3, -0.25) is 0 Å². The summed E-state index contributed by atoms with van der Waals surface area (Å²) in [7, 11) is -2.45. The number of hydrogen-bond donors (Lipinski definition) is 1. The molecule has 1 aromatic heterocycles. The first-order valence-corrected chi connectivity index (χ1v) is 6.08. The van der Waals surface area contributed by atoms with Gasteiger partial charge in [0, 0.05) is 19.9 Å². The van der Waals surface area contributed by atoms with Crippen molar-refractivity contribution in [2.24, 2.45) is 0 Å². The third-order valence-electron chi connectivity index (χ3n) is 1.94. The first-order valence-electron chi connectivity index (χ1n) is 4.60. The highest BCUT2D eigenvalue weighted by molar-refractivity contribution is 7.89. The molecule has 1 aromatic rings. The third kappa shape index (κ3) is 3.22. The summed E-state index contributed by atoms with van der Waals surface area (Å²) in [6.07, 6.45) is 0.929. The molecule has 1 heterocycles. The molecule has 7 heteroatoms. The Labute approximate surface area is 93.7 Å². The summed E-state index contributed by atoms with van der Waals surface area (Å²) in [6.45, 7) is 1.76. The monoisotopic (exact) mass is 248 g/mol. The Bertz CT molecular complexity index is 450. The Hall–Kier alpha value is -1.05. The van der Waals surface area contributed by atoms with Gasteiger partial charge in [0.05, 0.1) is 6.10 Å². The summed E-state index contributed by atoms with van der Waals surface area (Å²) < 4.78 is 43.5. The first kappa shape index (κ1) is 13.0. The number of sulfonamides is 1. The molecule has 1 unspecified atom stereocenters. The molecule has 1 rings (SSSR count). The van der Waals surface area contributed by atoms with Crippen molar-refractivity contribution < 1.29 is 17.5 Å². The van der Waals surface area contributed by atoms with Crippen LogP contribution in [0.15, 0.2) is 23.4 Å². The standard InChI is InChI=1S/C9H13FN2O3S/c1-7(15-2)6-12-16(13,14)9-8(10)4-3-5-11-9/h3-5,7,12H,6H2,1-2H3. The van der Waals surface area contributed by atoms with Crippen LogP contribution in [0.3, 0.4) is 0 Å². The smallest absolute Gasteiger partial charge is 0.261 e. The van der Waals surface area contributed by atoms with Crippen LogP contribution >= 0.6 is 0 Å². The molecule has 0 bridgehead atoms. The Balaban J connectivity index is 2.83. The maximum absolute atomic E-state index is 13.2. The number of rotatable bonds is 5. The fourth-order valence-electron chi connectivity index (χ4n) is 0.948. The highest BCUT2D eigenvalue weighted by atomic mass is 32.2. The Morgan fingerprint density at radius 1 is 1.62 bits per heavy atom. The molecule has 1 atom stereocenters. The zero-order chi connectivity index (χ0) is 12.2. The molecule has 5 nitrogen and oxygen atoms in total. The molecule has 0 fully saturated rings. The van der Waals surface area contributed by atoms with E-state index >= 15 is 0 Å². The number of pyridine rings is 1. The average molecular weight is 248 g/mol. The van der Waals surface area contributed by atoms with Gasteiger partial charge in [-0.1, -0.05) is 0 Å². The van der Waals surface area contributed by atoms with Gasteiger partial charge in [-0.05, 0) is 19.1 Å². The largest absolute Gasteiger partial charge is 0.380 e. The third-order valence-corrected chi connectivity index (χ3v) is 3.30. The summed E-state index contributed by atoms with van der Waals surface area (Å²) in [5.41, 5.74) is 0. The number of nitrogens with zero attached hydrogens (tertiary/aromatic N) is 1.